The molecule has 0 saturated heterocycles. The van der Waals surface area contributed by atoms with Crippen LogP contribution in [0, 0.1) is 27.2 Å². The van der Waals surface area contributed by atoms with Crippen molar-refractivity contribution in [2.45, 2.75) is 13.5 Å². The van der Waals surface area contributed by atoms with Crippen molar-refractivity contribution in [3.05, 3.63) is 98.1 Å². The third-order valence-corrected chi connectivity index (χ3v) is 4.16. The van der Waals surface area contributed by atoms with E-state index in [-0.39, 0.29) is 11.4 Å². The average Bonchev–Trinajstić information content (AvgIpc) is 2.68. The second-order valence-electron chi connectivity index (χ2n) is 6.04. The van der Waals surface area contributed by atoms with Crippen LogP contribution in [0.3, 0.4) is 0 Å². The standard InChI is InChI=1S/C20H17N3O5/c1-14-6-2-4-8-17(14)21-13-15-7-3-5-9-19(15)28-20-11-10-16(22(24)25)12-18(20)23(26)27/h2-12,21H,13H2,1H3. The molecule has 0 aromatic heterocycles. The van der Waals surface area contributed by atoms with E-state index in [0.717, 1.165) is 22.9 Å². The highest BCUT2D eigenvalue weighted by molar-refractivity contribution is 5.56. The minimum Gasteiger partial charge on any atom is -0.450 e. The fourth-order valence-electron chi connectivity index (χ4n) is 2.68. The van der Waals surface area contributed by atoms with Crippen molar-refractivity contribution in [1.82, 2.24) is 0 Å². The fourth-order valence-corrected chi connectivity index (χ4v) is 2.68. The van der Waals surface area contributed by atoms with Crippen LogP contribution in [0.1, 0.15) is 11.1 Å². The molecule has 3 rings (SSSR count). The highest BCUT2D eigenvalue weighted by Gasteiger charge is 2.21. The van der Waals surface area contributed by atoms with Crippen LogP contribution in [0.2, 0.25) is 0 Å². The topological polar surface area (TPSA) is 108 Å². The summed E-state index contributed by atoms with van der Waals surface area (Å²) in [5, 5.41) is 25.5. The number of anilines is 1. The first-order chi connectivity index (χ1) is 13.5. The van der Waals surface area contributed by atoms with E-state index < -0.39 is 15.5 Å². The number of nitrogens with one attached hydrogen (secondary N) is 1. The molecule has 0 aliphatic heterocycles. The quantitative estimate of drug-likeness (QED) is 0.446. The summed E-state index contributed by atoms with van der Waals surface area (Å²) in [6, 6.07) is 18.3. The van der Waals surface area contributed by atoms with Gasteiger partial charge in [0.15, 0.2) is 0 Å². The highest BCUT2D eigenvalue weighted by atomic mass is 16.6. The molecule has 0 amide bonds. The molecule has 0 heterocycles. The van der Waals surface area contributed by atoms with Gasteiger partial charge in [-0.3, -0.25) is 20.2 Å². The first kappa shape index (κ1) is 18.8. The summed E-state index contributed by atoms with van der Waals surface area (Å²) >= 11 is 0. The Morgan fingerprint density at radius 3 is 2.32 bits per heavy atom. The fraction of sp³-hybridized carbons (Fsp3) is 0.100. The maximum atomic E-state index is 11.3. The molecule has 3 aromatic carbocycles. The number of nitrogens with zero attached hydrogens (tertiary/aromatic N) is 2. The van der Waals surface area contributed by atoms with Gasteiger partial charge in [0, 0.05) is 23.9 Å². The van der Waals surface area contributed by atoms with E-state index in [9.17, 15) is 20.2 Å². The van der Waals surface area contributed by atoms with Crippen molar-refractivity contribution in [2.24, 2.45) is 0 Å². The minimum absolute atomic E-state index is 0.0565. The lowest BCUT2D eigenvalue weighted by Crippen LogP contribution is -2.03. The average molecular weight is 379 g/mol. The number of para-hydroxylation sites is 2. The third kappa shape index (κ3) is 4.24. The second kappa shape index (κ2) is 8.17. The van der Waals surface area contributed by atoms with E-state index in [1.807, 2.05) is 43.3 Å². The molecule has 8 heteroatoms. The molecule has 0 spiro atoms. The van der Waals surface area contributed by atoms with Crippen LogP contribution < -0.4 is 10.1 Å². The molecule has 0 aliphatic carbocycles. The van der Waals surface area contributed by atoms with Gasteiger partial charge in [0.25, 0.3) is 5.69 Å². The number of hydrogen-bond donors (Lipinski definition) is 1. The zero-order valence-electron chi connectivity index (χ0n) is 15.0. The van der Waals surface area contributed by atoms with Crippen LogP contribution in [0.15, 0.2) is 66.7 Å². The molecular weight excluding hydrogens is 362 g/mol. The summed E-state index contributed by atoms with van der Waals surface area (Å²) in [6.45, 7) is 2.44. The molecule has 0 saturated carbocycles. The van der Waals surface area contributed by atoms with E-state index in [0.29, 0.717) is 12.3 Å². The predicted octanol–water partition coefficient (Wildman–Crippen LogP) is 5.22. The molecule has 3 aromatic rings. The Hall–Kier alpha value is -3.94. The van der Waals surface area contributed by atoms with Crippen LogP contribution in [0.4, 0.5) is 17.1 Å². The first-order valence-corrected chi connectivity index (χ1v) is 8.44. The van der Waals surface area contributed by atoms with Gasteiger partial charge in [-0.25, -0.2) is 0 Å². The largest absolute Gasteiger partial charge is 0.450 e. The maximum Gasteiger partial charge on any atom is 0.318 e. The number of rotatable bonds is 7. The third-order valence-electron chi connectivity index (χ3n) is 4.16. The maximum absolute atomic E-state index is 11.3. The van der Waals surface area contributed by atoms with E-state index >= 15 is 0 Å². The Kier molecular flexibility index (Phi) is 5.50. The van der Waals surface area contributed by atoms with Crippen molar-refractivity contribution in [1.29, 1.82) is 0 Å². The molecule has 0 radical (unpaired) electrons. The highest BCUT2D eigenvalue weighted by Crippen LogP contribution is 2.35. The van der Waals surface area contributed by atoms with E-state index in [1.54, 1.807) is 12.1 Å². The second-order valence-corrected chi connectivity index (χ2v) is 6.04. The summed E-state index contributed by atoms with van der Waals surface area (Å²) < 4.78 is 5.75. The normalized spacial score (nSPS) is 10.3. The summed E-state index contributed by atoms with van der Waals surface area (Å²) in [5.41, 5.74) is 2.02. The van der Waals surface area contributed by atoms with Crippen LogP contribution >= 0.6 is 0 Å². The molecule has 0 bridgehead atoms. The Morgan fingerprint density at radius 1 is 0.893 bits per heavy atom. The van der Waals surface area contributed by atoms with Gasteiger partial charge >= 0.3 is 5.69 Å². The van der Waals surface area contributed by atoms with Gasteiger partial charge in [-0.2, -0.15) is 0 Å². The lowest BCUT2D eigenvalue weighted by molar-refractivity contribution is -0.394. The van der Waals surface area contributed by atoms with Crippen molar-refractivity contribution in [3.63, 3.8) is 0 Å². The smallest absolute Gasteiger partial charge is 0.318 e. The molecule has 0 aliphatic rings. The first-order valence-electron chi connectivity index (χ1n) is 8.44. The Balaban J connectivity index is 1.87. The Labute approximate surface area is 160 Å². The summed E-state index contributed by atoms with van der Waals surface area (Å²) in [5.74, 6) is 0.375. The minimum atomic E-state index is -0.698. The van der Waals surface area contributed by atoms with E-state index in [2.05, 4.69) is 5.32 Å². The lowest BCUT2D eigenvalue weighted by Gasteiger charge is -2.13. The predicted molar refractivity (Wildman–Crippen MR) is 105 cm³/mol. The Bertz CT molecular complexity index is 1040. The summed E-state index contributed by atoms with van der Waals surface area (Å²) in [7, 11) is 0. The van der Waals surface area contributed by atoms with Gasteiger partial charge < -0.3 is 10.1 Å². The molecule has 1 N–H and O–H groups in total. The molecule has 142 valence electrons. The number of ether oxygens (including phenoxy) is 1. The van der Waals surface area contributed by atoms with Gasteiger partial charge in [0.05, 0.1) is 15.9 Å². The monoisotopic (exact) mass is 379 g/mol. The van der Waals surface area contributed by atoms with Gasteiger partial charge in [-0.15, -0.1) is 0 Å². The number of nitro groups is 2. The molecule has 28 heavy (non-hydrogen) atoms. The summed E-state index contributed by atoms with van der Waals surface area (Å²) in [4.78, 5) is 20.8. The van der Waals surface area contributed by atoms with Crippen molar-refractivity contribution >= 4 is 17.1 Å². The molecular formula is C20H17N3O5. The van der Waals surface area contributed by atoms with Gasteiger partial charge in [-0.05, 0) is 30.7 Å². The van der Waals surface area contributed by atoms with Crippen molar-refractivity contribution in [2.75, 3.05) is 5.32 Å². The van der Waals surface area contributed by atoms with Crippen molar-refractivity contribution in [3.8, 4) is 11.5 Å². The zero-order valence-corrected chi connectivity index (χ0v) is 15.0. The van der Waals surface area contributed by atoms with Gasteiger partial charge in [-0.1, -0.05) is 36.4 Å². The van der Waals surface area contributed by atoms with Crippen LogP contribution in [-0.4, -0.2) is 9.85 Å². The zero-order chi connectivity index (χ0) is 20.1. The van der Waals surface area contributed by atoms with Crippen LogP contribution in [0.25, 0.3) is 0 Å². The number of hydrogen-bond acceptors (Lipinski definition) is 6. The number of non-ortho nitro benzene ring substituents is 1. The van der Waals surface area contributed by atoms with Crippen LogP contribution in [-0.2, 0) is 6.54 Å². The van der Waals surface area contributed by atoms with E-state index in [4.69, 9.17) is 4.74 Å². The Morgan fingerprint density at radius 2 is 1.61 bits per heavy atom. The molecule has 0 atom stereocenters. The number of benzene rings is 3. The lowest BCUT2D eigenvalue weighted by atomic mass is 10.1. The van der Waals surface area contributed by atoms with Crippen LogP contribution in [0.5, 0.6) is 11.5 Å². The van der Waals surface area contributed by atoms with Crippen molar-refractivity contribution < 1.29 is 14.6 Å². The summed E-state index contributed by atoms with van der Waals surface area (Å²) in [6.07, 6.45) is 0. The van der Waals surface area contributed by atoms with Gasteiger partial charge in [0.2, 0.25) is 5.75 Å². The molecule has 8 nitrogen and oxygen atoms in total. The number of nitro benzene ring substituents is 2. The SMILES string of the molecule is Cc1ccccc1NCc1ccccc1Oc1ccc([N+](=O)[O-])cc1[N+](=O)[O-]. The number of aryl methyl sites for hydroxylation is 1. The molecule has 0 fully saturated rings. The van der Waals surface area contributed by atoms with Gasteiger partial charge in [0.1, 0.15) is 5.75 Å². The molecule has 0 unspecified atom stereocenters. The van der Waals surface area contributed by atoms with E-state index in [1.165, 1.54) is 12.1 Å².